The van der Waals surface area contributed by atoms with Gasteiger partial charge in [-0.25, -0.2) is 4.39 Å². The van der Waals surface area contributed by atoms with Crippen molar-refractivity contribution >= 4 is 0 Å². The summed E-state index contributed by atoms with van der Waals surface area (Å²) in [6, 6.07) is 15.4. The van der Waals surface area contributed by atoms with Crippen LogP contribution >= 0.6 is 0 Å². The van der Waals surface area contributed by atoms with Gasteiger partial charge in [0.15, 0.2) is 0 Å². The molecule has 0 aromatic heterocycles. The number of rotatable bonds is 1. The van der Waals surface area contributed by atoms with E-state index >= 15 is 0 Å². The van der Waals surface area contributed by atoms with Gasteiger partial charge in [0.05, 0.1) is 0 Å². The van der Waals surface area contributed by atoms with Crippen LogP contribution < -0.4 is 0 Å². The van der Waals surface area contributed by atoms with Crippen molar-refractivity contribution in [1.29, 1.82) is 0 Å². The molecule has 68 valence electrons. The Kier molecular flexibility index (Phi) is 1.48. The summed E-state index contributed by atoms with van der Waals surface area (Å²) < 4.78 is 13.3. The zero-order valence-corrected chi connectivity index (χ0v) is 7.57. The molecule has 0 radical (unpaired) electrons. The predicted octanol–water partition coefficient (Wildman–Crippen LogP) is 3.32. The fraction of sp³-hybridized carbons (Fsp3) is 0.0769. The fourth-order valence-electron chi connectivity index (χ4n) is 2.02. The first-order chi connectivity index (χ1) is 6.88. The van der Waals surface area contributed by atoms with Crippen molar-refractivity contribution in [1.82, 2.24) is 0 Å². The maximum Gasteiger partial charge on any atom is 0.127 e. The molecule has 0 spiro atoms. The molecule has 3 rings (SSSR count). The van der Waals surface area contributed by atoms with Crippen LogP contribution in [0.4, 0.5) is 4.39 Å². The summed E-state index contributed by atoms with van der Waals surface area (Å²) in [5, 5.41) is 0. The van der Waals surface area contributed by atoms with Crippen molar-refractivity contribution < 1.29 is 4.39 Å². The van der Waals surface area contributed by atoms with E-state index in [1.807, 2.05) is 36.4 Å². The summed E-state index contributed by atoms with van der Waals surface area (Å²) in [4.78, 5) is 0. The molecule has 1 atom stereocenters. The van der Waals surface area contributed by atoms with Crippen molar-refractivity contribution in [2.75, 3.05) is 0 Å². The lowest BCUT2D eigenvalue weighted by Crippen LogP contribution is -1.79. The van der Waals surface area contributed by atoms with Crippen LogP contribution in [-0.4, -0.2) is 0 Å². The molecular weight excluding hydrogens is 175 g/mol. The second-order valence-electron chi connectivity index (χ2n) is 3.59. The lowest BCUT2D eigenvalue weighted by molar-refractivity contribution is 0.623. The first-order valence-electron chi connectivity index (χ1n) is 4.71. The quantitative estimate of drug-likeness (QED) is 0.544. The Morgan fingerprint density at radius 2 is 1.64 bits per heavy atom. The van der Waals surface area contributed by atoms with Crippen molar-refractivity contribution in [2.24, 2.45) is 0 Å². The fourth-order valence-corrected chi connectivity index (χ4v) is 2.02. The van der Waals surface area contributed by atoms with Crippen LogP contribution in [0.25, 0.3) is 0 Å². The van der Waals surface area contributed by atoms with E-state index in [9.17, 15) is 4.39 Å². The van der Waals surface area contributed by atoms with Gasteiger partial charge in [-0.05, 0) is 17.2 Å². The molecule has 0 saturated carbocycles. The highest BCUT2D eigenvalue weighted by Gasteiger charge is 2.36. The van der Waals surface area contributed by atoms with Gasteiger partial charge < -0.3 is 0 Å². The Hall–Kier alpha value is -1.63. The monoisotopic (exact) mass is 184 g/mol. The van der Waals surface area contributed by atoms with Gasteiger partial charge in [-0.3, -0.25) is 0 Å². The summed E-state index contributed by atoms with van der Waals surface area (Å²) in [5.41, 5.74) is 3.20. The lowest BCUT2D eigenvalue weighted by atomic mass is 10.1. The summed E-state index contributed by atoms with van der Waals surface area (Å²) in [5.74, 6) is 0.141. The molecule has 1 aliphatic carbocycles. The molecule has 2 aromatic rings. The number of benzene rings is 2. The third-order valence-electron chi connectivity index (χ3n) is 2.74. The van der Waals surface area contributed by atoms with Crippen LogP contribution in [0.3, 0.4) is 0 Å². The van der Waals surface area contributed by atoms with Crippen LogP contribution in [0.1, 0.15) is 22.6 Å². The molecule has 2 aromatic carbocycles. The zero-order valence-electron chi connectivity index (χ0n) is 7.57. The molecule has 0 saturated heterocycles. The summed E-state index contributed by atoms with van der Waals surface area (Å²) >= 11 is 0. The third-order valence-corrected chi connectivity index (χ3v) is 2.74. The molecule has 0 nitrogen and oxygen atoms in total. The smallest absolute Gasteiger partial charge is 0.127 e. The van der Waals surface area contributed by atoms with Gasteiger partial charge in [0.1, 0.15) is 5.82 Å². The number of halogens is 1. The van der Waals surface area contributed by atoms with E-state index in [1.54, 1.807) is 6.07 Å². The largest absolute Gasteiger partial charge is 0.207 e. The second kappa shape index (κ2) is 2.68. The van der Waals surface area contributed by atoms with Gasteiger partial charge in [0.25, 0.3) is 0 Å². The van der Waals surface area contributed by atoms with Crippen LogP contribution in [0.5, 0.6) is 0 Å². The minimum atomic E-state index is -0.0728. The molecule has 0 bridgehead atoms. The standard InChI is InChI=1S/C13H9F/c14-11-8-4-7-10-12(13(10)11)9-5-2-1-3-6-9/h1-8,12H. The molecule has 1 aliphatic rings. The highest BCUT2D eigenvalue weighted by atomic mass is 19.1. The van der Waals surface area contributed by atoms with Gasteiger partial charge in [-0.1, -0.05) is 42.5 Å². The molecule has 1 heteroatoms. The topological polar surface area (TPSA) is 0 Å². The van der Waals surface area contributed by atoms with E-state index in [0.29, 0.717) is 0 Å². The predicted molar refractivity (Wildman–Crippen MR) is 53.8 cm³/mol. The van der Waals surface area contributed by atoms with Gasteiger partial charge in [-0.2, -0.15) is 0 Å². The van der Waals surface area contributed by atoms with Gasteiger partial charge in [0.2, 0.25) is 0 Å². The first-order valence-corrected chi connectivity index (χ1v) is 4.71. The van der Waals surface area contributed by atoms with E-state index < -0.39 is 0 Å². The van der Waals surface area contributed by atoms with E-state index in [0.717, 1.165) is 11.1 Å². The lowest BCUT2D eigenvalue weighted by Gasteiger charge is -1.95. The van der Waals surface area contributed by atoms with Crippen molar-refractivity contribution in [3.63, 3.8) is 0 Å². The summed E-state index contributed by atoms with van der Waals surface area (Å²) in [7, 11) is 0. The van der Waals surface area contributed by atoms with Gasteiger partial charge in [-0.15, -0.1) is 0 Å². The second-order valence-corrected chi connectivity index (χ2v) is 3.59. The molecular formula is C13H9F. The Balaban J connectivity index is 2.05. The first kappa shape index (κ1) is 7.74. The number of hydrogen-bond acceptors (Lipinski definition) is 0. The average Bonchev–Trinajstić information content (AvgIpc) is 2.95. The van der Waals surface area contributed by atoms with E-state index in [2.05, 4.69) is 0 Å². The van der Waals surface area contributed by atoms with Crippen molar-refractivity contribution in [3.8, 4) is 0 Å². The minimum Gasteiger partial charge on any atom is -0.207 e. The number of fused-ring (bicyclic) bond motifs is 1. The SMILES string of the molecule is Fc1cccc2c1C2c1ccccc1. The van der Waals surface area contributed by atoms with Crippen LogP contribution in [0.2, 0.25) is 0 Å². The van der Waals surface area contributed by atoms with Crippen LogP contribution in [-0.2, 0) is 0 Å². The van der Waals surface area contributed by atoms with Gasteiger partial charge in [0, 0.05) is 11.5 Å². The highest BCUT2D eigenvalue weighted by molar-refractivity contribution is 5.60. The molecule has 0 heterocycles. The van der Waals surface area contributed by atoms with Crippen LogP contribution in [0, 0.1) is 5.82 Å². The van der Waals surface area contributed by atoms with E-state index in [-0.39, 0.29) is 11.7 Å². The van der Waals surface area contributed by atoms with E-state index in [1.165, 1.54) is 11.6 Å². The van der Waals surface area contributed by atoms with Crippen molar-refractivity contribution in [3.05, 3.63) is 71.0 Å². The normalized spacial score (nSPS) is 17.6. The highest BCUT2D eigenvalue weighted by Crippen LogP contribution is 2.49. The molecule has 0 amide bonds. The third kappa shape index (κ3) is 0.987. The maximum atomic E-state index is 13.3. The Bertz CT molecular complexity index is 474. The zero-order chi connectivity index (χ0) is 9.54. The molecule has 0 N–H and O–H groups in total. The van der Waals surface area contributed by atoms with Crippen molar-refractivity contribution in [2.45, 2.75) is 5.92 Å². The Labute approximate surface area is 82.0 Å². The van der Waals surface area contributed by atoms with Gasteiger partial charge >= 0.3 is 0 Å². The maximum absolute atomic E-state index is 13.3. The molecule has 0 aliphatic heterocycles. The molecule has 0 fully saturated rings. The van der Waals surface area contributed by atoms with Crippen LogP contribution in [0.15, 0.2) is 48.5 Å². The summed E-state index contributed by atoms with van der Waals surface area (Å²) in [6.45, 7) is 0. The van der Waals surface area contributed by atoms with E-state index in [4.69, 9.17) is 0 Å². The minimum absolute atomic E-state index is 0.0728. The summed E-state index contributed by atoms with van der Waals surface area (Å²) in [6.07, 6.45) is 0. The molecule has 14 heavy (non-hydrogen) atoms. The Morgan fingerprint density at radius 1 is 0.857 bits per heavy atom. The molecule has 1 unspecified atom stereocenters. The average molecular weight is 184 g/mol. The number of hydrogen-bond donors (Lipinski definition) is 0. The Morgan fingerprint density at radius 3 is 2.36 bits per heavy atom.